The van der Waals surface area contributed by atoms with Crippen molar-refractivity contribution in [2.24, 2.45) is 0 Å². The lowest BCUT2D eigenvalue weighted by molar-refractivity contribution is -0.141. The van der Waals surface area contributed by atoms with Crippen molar-refractivity contribution in [1.82, 2.24) is 10.6 Å². The van der Waals surface area contributed by atoms with Gasteiger partial charge in [0.05, 0.1) is 6.54 Å². The van der Waals surface area contributed by atoms with Crippen molar-refractivity contribution < 1.29 is 19.5 Å². The minimum Gasteiger partial charge on any atom is -0.480 e. The Balaban J connectivity index is 2.46. The fourth-order valence-electron chi connectivity index (χ4n) is 1.66. The molecule has 1 rings (SSSR count). The summed E-state index contributed by atoms with van der Waals surface area (Å²) < 4.78 is 0.848. The van der Waals surface area contributed by atoms with Gasteiger partial charge in [-0.15, -0.1) is 0 Å². The minimum absolute atomic E-state index is 0.262. The number of hydrogen-bond donors (Lipinski definition) is 3. The molecule has 0 aromatic heterocycles. The highest BCUT2D eigenvalue weighted by molar-refractivity contribution is 9.10. The number of carboxylic acid groups (broad SMARTS) is 1. The van der Waals surface area contributed by atoms with Crippen molar-refractivity contribution in [3.8, 4) is 0 Å². The van der Waals surface area contributed by atoms with E-state index in [2.05, 4.69) is 26.6 Å². The first kappa shape index (κ1) is 17.2. The zero-order chi connectivity index (χ0) is 15.8. The molecule has 1 atom stereocenters. The number of aliphatic carboxylic acids is 1. The van der Waals surface area contributed by atoms with E-state index in [9.17, 15) is 14.4 Å². The smallest absolute Gasteiger partial charge is 0.326 e. The lowest BCUT2D eigenvalue weighted by atomic mass is 10.1. The number of carboxylic acids is 1. The lowest BCUT2D eigenvalue weighted by Gasteiger charge is -2.13. The summed E-state index contributed by atoms with van der Waals surface area (Å²) in [6.45, 7) is 1.57. The van der Waals surface area contributed by atoms with Crippen molar-refractivity contribution in [2.75, 3.05) is 6.54 Å². The Hall–Kier alpha value is -1.89. The van der Waals surface area contributed by atoms with Gasteiger partial charge in [0.25, 0.3) is 5.91 Å². The molecule has 0 fully saturated rings. The molecule has 2 amide bonds. The average molecular weight is 357 g/mol. The number of carbonyl (C=O) groups is 3. The topological polar surface area (TPSA) is 95.5 Å². The quantitative estimate of drug-likeness (QED) is 0.690. The van der Waals surface area contributed by atoms with Crippen LogP contribution < -0.4 is 10.6 Å². The molecular formula is C14H17BrN2O4. The molecule has 1 aromatic rings. The molecule has 0 radical (unpaired) electrons. The predicted molar refractivity (Wildman–Crippen MR) is 80.9 cm³/mol. The maximum Gasteiger partial charge on any atom is 0.326 e. The monoisotopic (exact) mass is 356 g/mol. The van der Waals surface area contributed by atoms with Crippen LogP contribution in [-0.4, -0.2) is 35.5 Å². The van der Waals surface area contributed by atoms with Gasteiger partial charge in [0, 0.05) is 10.0 Å². The van der Waals surface area contributed by atoms with Gasteiger partial charge in [0.1, 0.15) is 6.04 Å². The Kier molecular flexibility index (Phi) is 6.87. The second-order valence-corrected chi connectivity index (χ2v) is 5.35. The van der Waals surface area contributed by atoms with Crippen LogP contribution in [0.25, 0.3) is 0 Å². The lowest BCUT2D eigenvalue weighted by Crippen LogP contribution is -2.45. The van der Waals surface area contributed by atoms with Gasteiger partial charge in [-0.3, -0.25) is 9.59 Å². The van der Waals surface area contributed by atoms with E-state index in [1.807, 2.05) is 6.92 Å². The van der Waals surface area contributed by atoms with E-state index in [0.717, 1.165) is 4.47 Å². The van der Waals surface area contributed by atoms with Crippen LogP contribution in [0.1, 0.15) is 30.1 Å². The third-order valence-corrected chi connectivity index (χ3v) is 3.26. The fraction of sp³-hybridized carbons (Fsp3) is 0.357. The Morgan fingerprint density at radius 2 is 1.86 bits per heavy atom. The van der Waals surface area contributed by atoms with Crippen molar-refractivity contribution >= 4 is 33.7 Å². The van der Waals surface area contributed by atoms with Crippen LogP contribution in [0.2, 0.25) is 0 Å². The number of halogens is 1. The zero-order valence-electron chi connectivity index (χ0n) is 11.6. The van der Waals surface area contributed by atoms with E-state index in [1.54, 1.807) is 24.3 Å². The number of rotatable bonds is 7. The molecule has 0 saturated carbocycles. The summed E-state index contributed by atoms with van der Waals surface area (Å²) in [5.41, 5.74) is 0.425. The van der Waals surface area contributed by atoms with Gasteiger partial charge in [0.2, 0.25) is 5.91 Å². The molecule has 7 heteroatoms. The van der Waals surface area contributed by atoms with Crippen molar-refractivity contribution in [3.05, 3.63) is 34.3 Å². The predicted octanol–water partition coefficient (Wildman–Crippen LogP) is 1.55. The summed E-state index contributed by atoms with van der Waals surface area (Å²) in [5.74, 6) is -1.99. The van der Waals surface area contributed by atoms with E-state index in [0.29, 0.717) is 18.4 Å². The molecule has 0 aliphatic heterocycles. The molecule has 0 spiro atoms. The van der Waals surface area contributed by atoms with Gasteiger partial charge < -0.3 is 15.7 Å². The second-order valence-electron chi connectivity index (χ2n) is 4.44. The summed E-state index contributed by atoms with van der Waals surface area (Å²) in [7, 11) is 0. The normalized spacial score (nSPS) is 11.5. The second kappa shape index (κ2) is 8.41. The maximum absolute atomic E-state index is 11.8. The summed E-state index contributed by atoms with van der Waals surface area (Å²) in [6, 6.07) is 5.75. The van der Waals surface area contributed by atoms with Gasteiger partial charge in [-0.25, -0.2) is 4.79 Å². The molecule has 0 heterocycles. The standard InChI is InChI=1S/C14H17BrN2O4/c1-2-3-11(14(20)21)17-12(18)8-16-13(19)9-4-6-10(15)7-5-9/h4-7,11H,2-3,8H2,1H3,(H,16,19)(H,17,18)(H,20,21)/t11-/m1/s1. The Labute approximate surface area is 131 Å². The number of amides is 2. The van der Waals surface area contributed by atoms with Gasteiger partial charge >= 0.3 is 5.97 Å². The Morgan fingerprint density at radius 3 is 2.38 bits per heavy atom. The van der Waals surface area contributed by atoms with Crippen LogP contribution in [0.15, 0.2) is 28.7 Å². The summed E-state index contributed by atoms with van der Waals surface area (Å²) in [6.07, 6.45) is 0.990. The number of carbonyl (C=O) groups excluding carboxylic acids is 2. The van der Waals surface area contributed by atoms with E-state index in [-0.39, 0.29) is 12.5 Å². The molecule has 21 heavy (non-hydrogen) atoms. The highest BCUT2D eigenvalue weighted by Crippen LogP contribution is 2.10. The molecule has 0 aliphatic rings. The largest absolute Gasteiger partial charge is 0.480 e. The Bertz CT molecular complexity index is 516. The van der Waals surface area contributed by atoms with Crippen LogP contribution in [-0.2, 0) is 9.59 Å². The number of hydrogen-bond acceptors (Lipinski definition) is 3. The maximum atomic E-state index is 11.8. The summed E-state index contributed by atoms with van der Waals surface area (Å²) in [5, 5.41) is 13.7. The molecular weight excluding hydrogens is 340 g/mol. The van der Waals surface area contributed by atoms with Gasteiger partial charge in [-0.2, -0.15) is 0 Å². The third-order valence-electron chi connectivity index (χ3n) is 2.73. The molecule has 1 aromatic carbocycles. The van der Waals surface area contributed by atoms with E-state index in [1.165, 1.54) is 0 Å². The zero-order valence-corrected chi connectivity index (χ0v) is 13.1. The minimum atomic E-state index is -1.08. The van der Waals surface area contributed by atoms with E-state index in [4.69, 9.17) is 5.11 Å². The Morgan fingerprint density at radius 1 is 1.24 bits per heavy atom. The highest BCUT2D eigenvalue weighted by atomic mass is 79.9. The van der Waals surface area contributed by atoms with Crippen LogP contribution in [0.4, 0.5) is 0 Å². The van der Waals surface area contributed by atoms with Crippen molar-refractivity contribution in [1.29, 1.82) is 0 Å². The molecule has 6 nitrogen and oxygen atoms in total. The highest BCUT2D eigenvalue weighted by Gasteiger charge is 2.18. The first-order valence-electron chi connectivity index (χ1n) is 6.50. The molecule has 3 N–H and O–H groups in total. The van der Waals surface area contributed by atoms with Crippen LogP contribution >= 0.6 is 15.9 Å². The first-order valence-corrected chi connectivity index (χ1v) is 7.29. The molecule has 0 bridgehead atoms. The van der Waals surface area contributed by atoms with Gasteiger partial charge in [0.15, 0.2) is 0 Å². The number of benzene rings is 1. The van der Waals surface area contributed by atoms with Gasteiger partial charge in [-0.1, -0.05) is 29.3 Å². The molecule has 0 aliphatic carbocycles. The van der Waals surface area contributed by atoms with Crippen molar-refractivity contribution in [3.63, 3.8) is 0 Å². The van der Waals surface area contributed by atoms with Crippen molar-refractivity contribution in [2.45, 2.75) is 25.8 Å². The summed E-state index contributed by atoms with van der Waals surface area (Å²) in [4.78, 5) is 34.3. The third kappa shape index (κ3) is 5.95. The number of nitrogens with one attached hydrogen (secondary N) is 2. The average Bonchev–Trinajstić information content (AvgIpc) is 2.45. The SMILES string of the molecule is CCC[C@@H](NC(=O)CNC(=O)c1ccc(Br)cc1)C(=O)O. The summed E-state index contributed by atoms with van der Waals surface area (Å²) >= 11 is 3.26. The first-order chi connectivity index (χ1) is 9.93. The van der Waals surface area contributed by atoms with Crippen LogP contribution in [0, 0.1) is 0 Å². The molecule has 0 saturated heterocycles. The van der Waals surface area contributed by atoms with E-state index >= 15 is 0 Å². The molecule has 114 valence electrons. The molecule has 0 unspecified atom stereocenters. The van der Waals surface area contributed by atoms with Crippen LogP contribution in [0.3, 0.4) is 0 Å². The van der Waals surface area contributed by atoms with Gasteiger partial charge in [-0.05, 0) is 30.7 Å². The van der Waals surface area contributed by atoms with Crippen LogP contribution in [0.5, 0.6) is 0 Å². The fourth-order valence-corrected chi connectivity index (χ4v) is 1.92. The van der Waals surface area contributed by atoms with E-state index < -0.39 is 17.9 Å².